The Hall–Kier alpha value is -8.48. The number of aromatic carboxylic acids is 1. The first kappa shape index (κ1) is 69.5. The van der Waals surface area contributed by atoms with Crippen LogP contribution in [0.2, 0.25) is 10.0 Å². The summed E-state index contributed by atoms with van der Waals surface area (Å²) in [5.41, 5.74) is 31.7. The highest BCUT2D eigenvalue weighted by Gasteiger charge is 2.34. The molecule has 0 unspecified atom stereocenters. The van der Waals surface area contributed by atoms with E-state index in [1.165, 1.54) is 10.8 Å². The fraction of sp³-hybridized carbons (Fsp3) is 0.320. The monoisotopic (exact) mass is 1160 g/mol. The zero-order valence-electron chi connectivity index (χ0n) is 43.6. The van der Waals surface area contributed by atoms with E-state index in [1.807, 2.05) is 0 Å². The van der Waals surface area contributed by atoms with Gasteiger partial charge in [-0.3, -0.25) is 9.98 Å². The number of aliphatic hydroxyl groups excluding tert-OH is 6. The predicted molar refractivity (Wildman–Crippen MR) is 305 cm³/mol. The molecule has 4 atom stereocenters. The molecule has 0 saturated carbocycles. The average Bonchev–Trinajstić information content (AvgIpc) is 3.80. The molecule has 4 aromatic carbocycles. The number of guanidine groups is 4. The number of hydrogen-bond donors (Lipinski definition) is 15. The van der Waals surface area contributed by atoms with Gasteiger partial charge in [0.1, 0.15) is 31.1 Å². The Kier molecular flexibility index (Phi) is 33.9. The molecular weight excluding hydrogens is 1090 g/mol. The molecule has 28 nitrogen and oxygen atoms in total. The van der Waals surface area contributed by atoms with Crippen LogP contribution in [0.4, 0.5) is 22.9 Å². The van der Waals surface area contributed by atoms with E-state index in [0.29, 0.717) is 52.4 Å². The summed E-state index contributed by atoms with van der Waals surface area (Å²) < 4.78 is 6.15. The predicted octanol–water partition coefficient (Wildman–Crippen LogP) is 2.77. The highest BCUT2D eigenvalue weighted by atomic mass is 35.5. The standard InChI is InChI=1S/C22H30Cl2N10.C9H11NO2.C7H6O2.C6H9N3O3.C6H12O7/c23-15-5-9-17(10-6-15)31-21(27)33-19(25)29-13-3-1-2-4-14-30-20(26)34-22(28)32-18-11-7-16(24)8-12-18;1-2-12-9(11)7-3-5-8(10)6-4-7;8-7(9)6-4-2-1-3-5-6;1-5-7-4-6(9(11)12)8(5)2-3-10;7-1-2(8)3(9)4(10)5(11)6(12)13/h5-12H,1-4,13-14H2,(H5,25,27,29,31,33)(H5,26,28,30,32,34);3-6H,2,10H2,1H3;1-5H,(H,8,9);4,10H,2-3H2,1H3;2-5,7-11H,1H2,(H,12,13)/t;;;;2-,3-,4+,5-/m....1/s1. The number of nitro groups is 1. The molecule has 0 spiro atoms. The van der Waals surface area contributed by atoms with Crippen molar-refractivity contribution < 1.29 is 64.9 Å². The number of rotatable bonds is 20. The van der Waals surface area contributed by atoms with Crippen LogP contribution in [0.15, 0.2) is 129 Å². The van der Waals surface area contributed by atoms with Crippen LogP contribution in [0.25, 0.3) is 0 Å². The van der Waals surface area contributed by atoms with Crippen molar-refractivity contribution in [2.45, 2.75) is 70.5 Å². The molecule has 5 rings (SSSR count). The van der Waals surface area contributed by atoms with Gasteiger partial charge in [-0.2, -0.15) is 9.98 Å². The molecule has 0 bridgehead atoms. The Morgan fingerprint density at radius 1 is 0.725 bits per heavy atom. The molecule has 1 aromatic heterocycles. The lowest BCUT2D eigenvalue weighted by Crippen LogP contribution is -2.48. The fourth-order valence-electron chi connectivity index (χ4n) is 5.76. The number of anilines is 3. The van der Waals surface area contributed by atoms with E-state index >= 15 is 0 Å². The number of carboxylic acid groups (broad SMARTS) is 2. The largest absolute Gasteiger partial charge is 0.479 e. The summed E-state index contributed by atoms with van der Waals surface area (Å²) in [6, 6.07) is 29.1. The summed E-state index contributed by atoms with van der Waals surface area (Å²) in [5.74, 6) is -1.89. The van der Waals surface area contributed by atoms with Crippen molar-refractivity contribution in [3.05, 3.63) is 146 Å². The molecule has 0 radical (unpaired) electrons. The number of esters is 1. The summed E-state index contributed by atoms with van der Waals surface area (Å²) >= 11 is 11.7. The van der Waals surface area contributed by atoms with Gasteiger partial charge < -0.3 is 95.0 Å². The molecule has 80 heavy (non-hydrogen) atoms. The summed E-state index contributed by atoms with van der Waals surface area (Å²) in [4.78, 5) is 61.5. The van der Waals surface area contributed by atoms with Crippen molar-refractivity contribution in [3.63, 3.8) is 0 Å². The lowest BCUT2D eigenvalue weighted by atomic mass is 10.0. The number of aliphatic imine (C=N–C) groups is 4. The van der Waals surface area contributed by atoms with E-state index in [0.717, 1.165) is 37.1 Å². The smallest absolute Gasteiger partial charge is 0.342 e. The Morgan fingerprint density at radius 2 is 1.20 bits per heavy atom. The van der Waals surface area contributed by atoms with E-state index in [2.05, 4.69) is 35.6 Å². The number of unbranched alkanes of at least 4 members (excludes halogenated alkanes) is 3. The fourth-order valence-corrected chi connectivity index (χ4v) is 6.01. The third kappa shape index (κ3) is 29.3. The van der Waals surface area contributed by atoms with Crippen LogP contribution in [-0.2, 0) is 16.1 Å². The molecule has 1 heterocycles. The van der Waals surface area contributed by atoms with E-state index < -0.39 is 47.9 Å². The number of aliphatic hydroxyl groups is 6. The molecule has 20 N–H and O–H groups in total. The van der Waals surface area contributed by atoms with Gasteiger partial charge in [0.2, 0.25) is 23.8 Å². The quantitative estimate of drug-likeness (QED) is 0.0101. The first-order chi connectivity index (χ1) is 37.9. The molecule has 0 saturated heterocycles. The maximum Gasteiger partial charge on any atom is 0.342 e. The number of aryl methyl sites for hydroxylation is 1. The SMILES string of the molecule is CCOC(=O)c1ccc(N)cc1.Cc1ncc([N+](=O)[O-])n1CCO.NC(=NCCCCCCN=C(N)/N=C(\N)Nc1ccc(Cl)cc1)/N=C(\N)Nc1ccc(Cl)cc1.O=C(O)[C@H](O)[C@@H](O)[C@H](O)[C@H](O)CO.O=C(O)c1ccccc1. The number of carbonyl (C=O) groups is 3. The van der Waals surface area contributed by atoms with Gasteiger partial charge in [0.05, 0.1) is 30.9 Å². The third-order valence-electron chi connectivity index (χ3n) is 9.81. The number of nitrogens with zero attached hydrogens (tertiary/aromatic N) is 7. The first-order valence-corrected chi connectivity index (χ1v) is 24.7. The van der Waals surface area contributed by atoms with Crippen molar-refractivity contribution in [2.24, 2.45) is 42.9 Å². The van der Waals surface area contributed by atoms with Crippen LogP contribution >= 0.6 is 23.2 Å². The van der Waals surface area contributed by atoms with Crippen molar-refractivity contribution in [1.82, 2.24) is 9.55 Å². The van der Waals surface area contributed by atoms with Gasteiger partial charge in [0.25, 0.3) is 0 Å². The maximum atomic E-state index is 11.1. The molecule has 0 amide bonds. The molecule has 30 heteroatoms. The van der Waals surface area contributed by atoms with E-state index in [1.54, 1.807) is 117 Å². The Bertz CT molecular complexity index is 2670. The van der Waals surface area contributed by atoms with Gasteiger partial charge in [-0.15, -0.1) is 0 Å². The second kappa shape index (κ2) is 39.0. The Morgan fingerprint density at radius 3 is 1.59 bits per heavy atom. The number of hydrogen-bond acceptors (Lipinski definition) is 16. The van der Waals surface area contributed by atoms with Gasteiger partial charge >= 0.3 is 23.7 Å². The number of carboxylic acids is 2. The lowest BCUT2D eigenvalue weighted by Gasteiger charge is -2.23. The number of aromatic nitrogens is 2. The van der Waals surface area contributed by atoms with Crippen LogP contribution in [0.3, 0.4) is 0 Å². The normalized spacial score (nSPS) is 12.8. The maximum absolute atomic E-state index is 11.1. The summed E-state index contributed by atoms with van der Waals surface area (Å²) in [5, 5.41) is 86.3. The number of halogens is 2. The Balaban J connectivity index is 0.000000568. The van der Waals surface area contributed by atoms with Gasteiger partial charge in [-0.25, -0.2) is 23.9 Å². The van der Waals surface area contributed by atoms with Crippen molar-refractivity contribution in [1.29, 1.82) is 0 Å². The molecule has 0 aliphatic rings. The van der Waals surface area contributed by atoms with E-state index in [9.17, 15) is 24.5 Å². The zero-order valence-corrected chi connectivity index (χ0v) is 45.1. The molecular formula is C50H68Cl2N14O14. The van der Waals surface area contributed by atoms with Crippen LogP contribution in [-0.4, -0.2) is 154 Å². The molecule has 0 aliphatic heterocycles. The van der Waals surface area contributed by atoms with Crippen molar-refractivity contribution in [2.75, 3.05) is 49.3 Å². The topological polar surface area (TPSA) is 487 Å². The molecule has 436 valence electrons. The summed E-state index contributed by atoms with van der Waals surface area (Å²) in [7, 11) is 0. The number of nitrogens with one attached hydrogen (secondary N) is 2. The van der Waals surface area contributed by atoms with Crippen molar-refractivity contribution in [3.8, 4) is 0 Å². The van der Waals surface area contributed by atoms with Gasteiger partial charge in [0, 0.05) is 47.1 Å². The number of benzene rings is 4. The van der Waals surface area contributed by atoms with Gasteiger partial charge in [-0.1, -0.05) is 54.2 Å². The molecule has 0 fully saturated rings. The minimum Gasteiger partial charge on any atom is -0.479 e. The van der Waals surface area contributed by atoms with Crippen LogP contribution in [0.1, 0.15) is 59.1 Å². The number of imidazole rings is 1. The highest BCUT2D eigenvalue weighted by Crippen LogP contribution is 2.15. The van der Waals surface area contributed by atoms with E-state index in [-0.39, 0.29) is 48.8 Å². The minimum atomic E-state index is -2.20. The number of carbonyl (C=O) groups excluding carboxylic acids is 1. The molecule has 0 aliphatic carbocycles. The highest BCUT2D eigenvalue weighted by molar-refractivity contribution is 6.31. The second-order valence-corrected chi connectivity index (χ2v) is 16.8. The van der Waals surface area contributed by atoms with Gasteiger partial charge in [0.15, 0.2) is 11.9 Å². The van der Waals surface area contributed by atoms with Gasteiger partial charge in [-0.05, 0) is 110 Å². The average molecular weight is 1160 g/mol. The number of ether oxygens (including phenoxy) is 1. The van der Waals surface area contributed by atoms with Crippen LogP contribution in [0.5, 0.6) is 0 Å². The lowest BCUT2D eigenvalue weighted by molar-refractivity contribution is -0.392. The van der Waals surface area contributed by atoms with Crippen LogP contribution < -0.4 is 39.3 Å². The number of nitrogen functional groups attached to an aromatic ring is 1. The first-order valence-electron chi connectivity index (χ1n) is 23.9. The Labute approximate surface area is 469 Å². The number of aliphatic carboxylic acids is 1. The van der Waals surface area contributed by atoms with E-state index in [4.69, 9.17) is 97.5 Å². The number of nitrogens with two attached hydrogens (primary N) is 5. The summed E-state index contributed by atoms with van der Waals surface area (Å²) in [6.07, 6.45) is -2.97. The van der Waals surface area contributed by atoms with Crippen molar-refractivity contribution >= 4 is 87.8 Å². The third-order valence-corrected chi connectivity index (χ3v) is 10.3. The second-order valence-electron chi connectivity index (χ2n) is 16.0. The zero-order chi connectivity index (χ0) is 60.2. The van der Waals surface area contributed by atoms with Crippen LogP contribution in [0, 0.1) is 17.0 Å². The minimum absolute atomic E-state index is 0.0819. The molecule has 5 aromatic rings. The summed E-state index contributed by atoms with van der Waals surface area (Å²) in [6.45, 7) is 4.18.